The average Bonchev–Trinajstić information content (AvgIpc) is 2.93. The fourth-order valence-corrected chi connectivity index (χ4v) is 6.42. The monoisotopic (exact) mass is 551 g/mol. The quantitative estimate of drug-likeness (QED) is 0.259. The number of aromatic nitrogens is 3. The molecule has 198 valence electrons. The summed E-state index contributed by atoms with van der Waals surface area (Å²) in [5.41, 5.74) is 3.67. The molecule has 1 fully saturated rings. The van der Waals surface area contributed by atoms with E-state index in [9.17, 15) is 8.42 Å². The highest BCUT2D eigenvalue weighted by atomic mass is 35.5. The maximum atomic E-state index is 12.9. The first kappa shape index (κ1) is 26.2. The molecule has 5 rings (SSSR count). The van der Waals surface area contributed by atoms with Crippen LogP contribution in [-0.4, -0.2) is 36.5 Å². The van der Waals surface area contributed by atoms with Gasteiger partial charge in [-0.2, -0.15) is 0 Å². The number of pyridine rings is 1. The summed E-state index contributed by atoms with van der Waals surface area (Å²) >= 11 is 6.10. The minimum Gasteiger partial charge on any atom is -0.494 e. The highest BCUT2D eigenvalue weighted by Crippen LogP contribution is 2.34. The van der Waals surface area contributed by atoms with Crippen molar-refractivity contribution in [3.63, 3.8) is 0 Å². The van der Waals surface area contributed by atoms with Gasteiger partial charge < -0.3 is 10.1 Å². The van der Waals surface area contributed by atoms with Crippen LogP contribution < -0.4 is 14.8 Å². The highest BCUT2D eigenvalue weighted by molar-refractivity contribution is 7.92. The fraction of sp³-hybridized carbons (Fsp3) is 0.321. The topological polar surface area (TPSA) is 106 Å². The molecule has 0 saturated heterocycles. The molecule has 38 heavy (non-hydrogen) atoms. The van der Waals surface area contributed by atoms with Crippen molar-refractivity contribution in [1.29, 1.82) is 0 Å². The van der Waals surface area contributed by atoms with Crippen molar-refractivity contribution < 1.29 is 13.2 Å². The normalized spacial score (nSPS) is 14.4. The van der Waals surface area contributed by atoms with Crippen LogP contribution in [0.25, 0.3) is 22.2 Å². The van der Waals surface area contributed by atoms with E-state index in [1.165, 1.54) is 44.7 Å². The first-order chi connectivity index (χ1) is 18.4. The molecule has 0 bridgehead atoms. The van der Waals surface area contributed by atoms with E-state index in [4.69, 9.17) is 21.3 Å². The lowest BCUT2D eigenvalue weighted by Gasteiger charge is -2.22. The Hall–Kier alpha value is -3.43. The van der Waals surface area contributed by atoms with Gasteiger partial charge in [0.25, 0.3) is 10.0 Å². The molecule has 0 spiro atoms. The molecular formula is C28H30ClN5O3S. The van der Waals surface area contributed by atoms with E-state index in [2.05, 4.69) is 33.0 Å². The number of ether oxygens (including phenoxy) is 1. The smallest absolute Gasteiger partial charge is 0.263 e. The first-order valence-electron chi connectivity index (χ1n) is 12.8. The van der Waals surface area contributed by atoms with Gasteiger partial charge in [-0.25, -0.2) is 18.4 Å². The van der Waals surface area contributed by atoms with Crippen molar-refractivity contribution in [2.75, 3.05) is 17.1 Å². The molecule has 4 aromatic rings. The van der Waals surface area contributed by atoms with Gasteiger partial charge in [-0.1, -0.05) is 49.9 Å². The number of fused-ring (bicyclic) bond motifs is 1. The van der Waals surface area contributed by atoms with E-state index in [1.54, 1.807) is 18.2 Å². The lowest BCUT2D eigenvalue weighted by Crippen LogP contribution is -2.23. The third kappa shape index (κ3) is 5.54. The molecule has 2 aromatic heterocycles. The highest BCUT2D eigenvalue weighted by Gasteiger charge is 2.20. The van der Waals surface area contributed by atoms with E-state index in [0.717, 1.165) is 41.3 Å². The summed E-state index contributed by atoms with van der Waals surface area (Å²) in [6.07, 6.45) is 10.2. The minimum atomic E-state index is -3.90. The minimum absolute atomic E-state index is 0.0100. The molecule has 8 nitrogen and oxygen atoms in total. The van der Waals surface area contributed by atoms with Crippen LogP contribution in [0.2, 0.25) is 5.02 Å². The zero-order chi connectivity index (χ0) is 26.7. The predicted octanol–water partition coefficient (Wildman–Crippen LogP) is 6.46. The molecule has 2 heterocycles. The van der Waals surface area contributed by atoms with Crippen molar-refractivity contribution in [3.8, 4) is 17.0 Å². The number of hydrogen-bond donors (Lipinski definition) is 2. The van der Waals surface area contributed by atoms with Crippen molar-refractivity contribution in [1.82, 2.24) is 15.0 Å². The summed E-state index contributed by atoms with van der Waals surface area (Å²) in [5, 5.41) is 4.55. The van der Waals surface area contributed by atoms with Gasteiger partial charge in [0.15, 0.2) is 0 Å². The Balaban J connectivity index is 1.46. The number of nitrogens with zero attached hydrogens (tertiary/aromatic N) is 3. The molecule has 0 unspecified atom stereocenters. The second-order valence-electron chi connectivity index (χ2n) is 9.41. The van der Waals surface area contributed by atoms with Crippen LogP contribution in [0.15, 0.2) is 59.8 Å². The van der Waals surface area contributed by atoms with Crippen molar-refractivity contribution in [2.24, 2.45) is 0 Å². The molecule has 2 N–H and O–H groups in total. The van der Waals surface area contributed by atoms with E-state index >= 15 is 0 Å². The standard InChI is InChI=1S/C28H30ClN5O3S/c1-3-18-13-19(14-20-16-31-28(33-26(18)20)32-21-9-5-4-6-10-21)27-24(37-2)15-22(17-30-27)34-38(35,36)25-12-8-7-11-23(25)29/h7-8,11-17,21,34H,3-6,9-10H2,1-2H3,(H,31,32,33). The summed E-state index contributed by atoms with van der Waals surface area (Å²) in [6, 6.07) is 12.3. The van der Waals surface area contributed by atoms with E-state index in [1.807, 2.05) is 12.3 Å². The SMILES string of the molecule is CCc1cc(-c2ncc(NS(=O)(=O)c3ccccc3Cl)cc2OC)cc2cnc(NC3CCCCC3)nc12. The summed E-state index contributed by atoms with van der Waals surface area (Å²) in [6.45, 7) is 2.09. The van der Waals surface area contributed by atoms with Crippen LogP contribution in [0, 0.1) is 0 Å². The number of halogens is 1. The number of anilines is 2. The Kier molecular flexibility index (Phi) is 7.67. The average molecular weight is 552 g/mol. The Morgan fingerprint density at radius 3 is 2.58 bits per heavy atom. The summed E-state index contributed by atoms with van der Waals surface area (Å²) in [5.74, 6) is 1.10. The zero-order valence-electron chi connectivity index (χ0n) is 21.4. The molecule has 0 radical (unpaired) electrons. The maximum Gasteiger partial charge on any atom is 0.263 e. The molecule has 0 amide bonds. The van der Waals surface area contributed by atoms with Crippen LogP contribution in [0.4, 0.5) is 11.6 Å². The van der Waals surface area contributed by atoms with Gasteiger partial charge in [0.1, 0.15) is 16.3 Å². The van der Waals surface area contributed by atoms with Gasteiger partial charge in [0.2, 0.25) is 5.95 Å². The van der Waals surface area contributed by atoms with Gasteiger partial charge in [-0.15, -0.1) is 0 Å². The van der Waals surface area contributed by atoms with Gasteiger partial charge in [-0.3, -0.25) is 9.71 Å². The largest absolute Gasteiger partial charge is 0.494 e. The first-order valence-corrected chi connectivity index (χ1v) is 14.6. The number of sulfonamides is 1. The molecule has 1 aliphatic carbocycles. The maximum absolute atomic E-state index is 12.9. The summed E-state index contributed by atoms with van der Waals surface area (Å²) in [7, 11) is -2.37. The van der Waals surface area contributed by atoms with Crippen LogP contribution in [0.1, 0.15) is 44.6 Å². The van der Waals surface area contributed by atoms with Gasteiger partial charge in [-0.05, 0) is 49.1 Å². The number of nitrogens with one attached hydrogen (secondary N) is 2. The van der Waals surface area contributed by atoms with E-state index in [-0.39, 0.29) is 15.6 Å². The van der Waals surface area contributed by atoms with Crippen molar-refractivity contribution in [3.05, 3.63) is 65.4 Å². The predicted molar refractivity (Wildman–Crippen MR) is 151 cm³/mol. The van der Waals surface area contributed by atoms with Crippen molar-refractivity contribution in [2.45, 2.75) is 56.4 Å². The Morgan fingerprint density at radius 1 is 1.05 bits per heavy atom. The molecule has 1 saturated carbocycles. The van der Waals surface area contributed by atoms with Crippen molar-refractivity contribution >= 4 is 44.2 Å². The Labute approximate surface area is 227 Å². The van der Waals surface area contributed by atoms with Gasteiger partial charge in [0, 0.05) is 29.3 Å². The summed E-state index contributed by atoms with van der Waals surface area (Å²) < 4.78 is 33.9. The number of aryl methyl sites for hydroxylation is 1. The zero-order valence-corrected chi connectivity index (χ0v) is 22.9. The van der Waals surface area contributed by atoms with E-state index < -0.39 is 10.0 Å². The molecule has 0 aliphatic heterocycles. The van der Waals surface area contributed by atoms with Crippen LogP contribution >= 0.6 is 11.6 Å². The Bertz CT molecular complexity index is 1570. The molecular weight excluding hydrogens is 522 g/mol. The second-order valence-corrected chi connectivity index (χ2v) is 11.5. The summed E-state index contributed by atoms with van der Waals surface area (Å²) in [4.78, 5) is 14.0. The number of methoxy groups -OCH3 is 1. The van der Waals surface area contributed by atoms with Gasteiger partial charge >= 0.3 is 0 Å². The molecule has 1 aliphatic rings. The lowest BCUT2D eigenvalue weighted by molar-refractivity contribution is 0.415. The van der Waals surface area contributed by atoms with E-state index in [0.29, 0.717) is 23.4 Å². The number of rotatable bonds is 8. The third-order valence-electron chi connectivity index (χ3n) is 6.81. The lowest BCUT2D eigenvalue weighted by atomic mass is 9.96. The van der Waals surface area contributed by atoms with Crippen LogP contribution in [0.3, 0.4) is 0 Å². The van der Waals surface area contributed by atoms with Crippen LogP contribution in [-0.2, 0) is 16.4 Å². The second kappa shape index (κ2) is 11.1. The fourth-order valence-electron chi connectivity index (χ4n) is 4.87. The van der Waals surface area contributed by atoms with Crippen LogP contribution in [0.5, 0.6) is 5.75 Å². The molecule has 0 atom stereocenters. The Morgan fingerprint density at radius 2 is 1.84 bits per heavy atom. The number of hydrogen-bond acceptors (Lipinski definition) is 7. The third-order valence-corrected chi connectivity index (χ3v) is 8.69. The number of benzene rings is 2. The van der Waals surface area contributed by atoms with Gasteiger partial charge in [0.05, 0.1) is 29.5 Å². The molecule has 2 aromatic carbocycles. The molecule has 10 heteroatoms.